The molecule has 0 heterocycles. The van der Waals surface area contributed by atoms with Crippen LogP contribution in [0.4, 0.5) is 4.39 Å². The first-order valence-electron chi connectivity index (χ1n) is 7.38. The van der Waals surface area contributed by atoms with Gasteiger partial charge in [0.05, 0.1) is 12.4 Å². The van der Waals surface area contributed by atoms with E-state index < -0.39 is 0 Å². The minimum Gasteiger partial charge on any atom is -0.496 e. The standard InChI is InChI=1S/C16H24FNO3S/c1-4-21-9-5-8-18-16(19)12(2)22-11-13-10-14(17)6-7-15(13)20-3/h6-7,10,12H,4-5,8-9,11H2,1-3H3,(H,18,19). The summed E-state index contributed by atoms with van der Waals surface area (Å²) in [5.74, 6) is 0.841. The first-order valence-corrected chi connectivity index (χ1v) is 8.42. The SMILES string of the molecule is CCOCCCNC(=O)C(C)SCc1cc(F)ccc1OC. The van der Waals surface area contributed by atoms with Crippen molar-refractivity contribution >= 4 is 17.7 Å². The molecule has 1 aromatic rings. The summed E-state index contributed by atoms with van der Waals surface area (Å²) in [6.45, 7) is 5.73. The van der Waals surface area contributed by atoms with Crippen molar-refractivity contribution < 1.29 is 18.7 Å². The van der Waals surface area contributed by atoms with Crippen LogP contribution in [0.25, 0.3) is 0 Å². The van der Waals surface area contributed by atoms with Crippen molar-refractivity contribution in [3.05, 3.63) is 29.6 Å². The number of amides is 1. The van der Waals surface area contributed by atoms with Crippen molar-refractivity contribution in [2.45, 2.75) is 31.3 Å². The Bertz CT molecular complexity index is 471. The van der Waals surface area contributed by atoms with Gasteiger partial charge in [-0.2, -0.15) is 0 Å². The third kappa shape index (κ3) is 6.66. The highest BCUT2D eigenvalue weighted by Crippen LogP contribution is 2.26. The Hall–Kier alpha value is -1.27. The quantitative estimate of drug-likeness (QED) is 0.670. The average Bonchev–Trinajstić information content (AvgIpc) is 2.52. The molecule has 1 N–H and O–H groups in total. The topological polar surface area (TPSA) is 47.6 Å². The third-order valence-electron chi connectivity index (χ3n) is 3.07. The van der Waals surface area contributed by atoms with E-state index in [1.54, 1.807) is 13.2 Å². The zero-order valence-corrected chi connectivity index (χ0v) is 14.2. The summed E-state index contributed by atoms with van der Waals surface area (Å²) in [7, 11) is 1.55. The van der Waals surface area contributed by atoms with Crippen LogP contribution in [0.15, 0.2) is 18.2 Å². The molecule has 0 aliphatic heterocycles. The van der Waals surface area contributed by atoms with Crippen molar-refractivity contribution in [3.8, 4) is 5.75 Å². The van der Waals surface area contributed by atoms with Gasteiger partial charge >= 0.3 is 0 Å². The first kappa shape index (κ1) is 18.8. The molecule has 0 saturated heterocycles. The summed E-state index contributed by atoms with van der Waals surface area (Å²) in [6, 6.07) is 4.41. The predicted octanol–water partition coefficient (Wildman–Crippen LogP) is 3.00. The molecule has 0 bridgehead atoms. The minimum absolute atomic E-state index is 0.0168. The van der Waals surface area contributed by atoms with Gasteiger partial charge in [-0.05, 0) is 38.5 Å². The maximum absolute atomic E-state index is 13.3. The summed E-state index contributed by atoms with van der Waals surface area (Å²) in [5, 5.41) is 2.66. The van der Waals surface area contributed by atoms with Crippen LogP contribution in [-0.2, 0) is 15.3 Å². The Labute approximate surface area is 135 Å². The Balaban J connectivity index is 2.37. The van der Waals surface area contributed by atoms with E-state index in [2.05, 4.69) is 5.32 Å². The van der Waals surface area contributed by atoms with Crippen LogP contribution in [0.5, 0.6) is 5.75 Å². The number of hydrogen-bond donors (Lipinski definition) is 1. The van der Waals surface area contributed by atoms with Crippen LogP contribution < -0.4 is 10.1 Å². The molecule has 0 radical (unpaired) electrons. The fraction of sp³-hybridized carbons (Fsp3) is 0.562. The van der Waals surface area contributed by atoms with Crippen LogP contribution in [0.3, 0.4) is 0 Å². The molecular formula is C16H24FNO3S. The van der Waals surface area contributed by atoms with E-state index in [9.17, 15) is 9.18 Å². The lowest BCUT2D eigenvalue weighted by atomic mass is 10.2. The fourth-order valence-corrected chi connectivity index (χ4v) is 2.71. The number of carbonyl (C=O) groups excluding carboxylic acids is 1. The molecule has 1 amide bonds. The molecule has 0 spiro atoms. The lowest BCUT2D eigenvalue weighted by Crippen LogP contribution is -2.32. The molecule has 0 aliphatic rings. The van der Waals surface area contributed by atoms with E-state index in [4.69, 9.17) is 9.47 Å². The second-order valence-corrected chi connectivity index (χ2v) is 6.08. The number of halogens is 1. The Morgan fingerprint density at radius 1 is 1.45 bits per heavy atom. The molecule has 124 valence electrons. The van der Waals surface area contributed by atoms with Gasteiger partial charge in [0.15, 0.2) is 0 Å². The van der Waals surface area contributed by atoms with Crippen LogP contribution in [0.1, 0.15) is 25.8 Å². The van der Waals surface area contributed by atoms with Crippen LogP contribution in [-0.4, -0.2) is 38.0 Å². The lowest BCUT2D eigenvalue weighted by Gasteiger charge is -2.13. The van der Waals surface area contributed by atoms with Gasteiger partial charge in [-0.15, -0.1) is 11.8 Å². The van der Waals surface area contributed by atoms with Crippen molar-refractivity contribution in [2.24, 2.45) is 0 Å². The highest BCUT2D eigenvalue weighted by molar-refractivity contribution is 7.99. The molecule has 6 heteroatoms. The van der Waals surface area contributed by atoms with Crippen LogP contribution in [0, 0.1) is 5.82 Å². The summed E-state index contributed by atoms with van der Waals surface area (Å²) in [4.78, 5) is 11.9. The number of thioether (sulfide) groups is 1. The van der Waals surface area contributed by atoms with Gasteiger partial charge < -0.3 is 14.8 Å². The molecule has 0 fully saturated rings. The summed E-state index contributed by atoms with van der Waals surface area (Å²) < 4.78 is 23.7. The first-order chi connectivity index (χ1) is 10.6. The molecule has 0 saturated carbocycles. The van der Waals surface area contributed by atoms with Crippen molar-refractivity contribution in [3.63, 3.8) is 0 Å². The normalized spacial score (nSPS) is 12.0. The predicted molar refractivity (Wildman–Crippen MR) is 87.8 cm³/mol. The third-order valence-corrected chi connectivity index (χ3v) is 4.26. The van der Waals surface area contributed by atoms with Gasteiger partial charge in [0.2, 0.25) is 5.91 Å². The Morgan fingerprint density at radius 2 is 2.23 bits per heavy atom. The highest BCUT2D eigenvalue weighted by Gasteiger charge is 2.14. The molecule has 0 aromatic heterocycles. The number of hydrogen-bond acceptors (Lipinski definition) is 4. The second kappa shape index (κ2) is 10.5. The molecule has 4 nitrogen and oxygen atoms in total. The Kier molecular flexibility index (Phi) is 8.92. The lowest BCUT2D eigenvalue weighted by molar-refractivity contribution is -0.120. The molecule has 1 rings (SSSR count). The van der Waals surface area contributed by atoms with Crippen LogP contribution in [0.2, 0.25) is 0 Å². The van der Waals surface area contributed by atoms with Gasteiger partial charge in [-0.3, -0.25) is 4.79 Å². The minimum atomic E-state index is -0.301. The maximum atomic E-state index is 13.3. The monoisotopic (exact) mass is 329 g/mol. The average molecular weight is 329 g/mol. The molecule has 1 unspecified atom stereocenters. The Morgan fingerprint density at radius 3 is 2.91 bits per heavy atom. The van der Waals surface area contributed by atoms with E-state index >= 15 is 0 Å². The zero-order chi connectivity index (χ0) is 16.4. The van der Waals surface area contributed by atoms with E-state index in [0.717, 1.165) is 12.0 Å². The van der Waals surface area contributed by atoms with Gasteiger partial charge in [-0.25, -0.2) is 4.39 Å². The largest absolute Gasteiger partial charge is 0.496 e. The van der Waals surface area contributed by atoms with E-state index in [1.807, 2.05) is 13.8 Å². The maximum Gasteiger partial charge on any atom is 0.232 e. The number of ether oxygens (including phenoxy) is 2. The zero-order valence-electron chi connectivity index (χ0n) is 13.4. The number of benzene rings is 1. The van der Waals surface area contributed by atoms with Gasteiger partial charge in [-0.1, -0.05) is 0 Å². The van der Waals surface area contributed by atoms with Gasteiger partial charge in [0.1, 0.15) is 11.6 Å². The number of carbonyl (C=O) groups is 1. The fourth-order valence-electron chi connectivity index (χ4n) is 1.82. The van der Waals surface area contributed by atoms with E-state index in [1.165, 1.54) is 23.9 Å². The molecule has 1 atom stereocenters. The van der Waals surface area contributed by atoms with Crippen molar-refractivity contribution in [1.82, 2.24) is 5.32 Å². The number of nitrogens with one attached hydrogen (secondary N) is 1. The molecular weight excluding hydrogens is 305 g/mol. The summed E-state index contributed by atoms with van der Waals surface area (Å²) >= 11 is 1.45. The smallest absolute Gasteiger partial charge is 0.232 e. The van der Waals surface area contributed by atoms with Gasteiger partial charge in [0, 0.05) is 31.1 Å². The molecule has 0 aliphatic carbocycles. The van der Waals surface area contributed by atoms with Crippen LogP contribution >= 0.6 is 11.8 Å². The second-order valence-electron chi connectivity index (χ2n) is 4.75. The molecule has 1 aromatic carbocycles. The highest BCUT2D eigenvalue weighted by atomic mass is 32.2. The summed E-state index contributed by atoms with van der Waals surface area (Å²) in [6.07, 6.45) is 0.800. The van der Waals surface area contributed by atoms with Gasteiger partial charge in [0.25, 0.3) is 0 Å². The number of methoxy groups -OCH3 is 1. The summed E-state index contributed by atoms with van der Waals surface area (Å²) in [5.41, 5.74) is 0.753. The molecule has 22 heavy (non-hydrogen) atoms. The van der Waals surface area contributed by atoms with Crippen molar-refractivity contribution in [2.75, 3.05) is 26.9 Å². The van der Waals surface area contributed by atoms with Crippen molar-refractivity contribution in [1.29, 1.82) is 0 Å². The number of rotatable bonds is 10. The van der Waals surface area contributed by atoms with E-state index in [0.29, 0.717) is 31.3 Å². The van der Waals surface area contributed by atoms with E-state index in [-0.39, 0.29) is 17.0 Å².